The molecular weight excluding hydrogens is 244 g/mol. The Kier molecular flexibility index (Phi) is 4.88. The molecule has 1 unspecified atom stereocenters. The van der Waals surface area contributed by atoms with Crippen molar-refractivity contribution in [1.29, 1.82) is 0 Å². The Morgan fingerprint density at radius 1 is 1.29 bits per heavy atom. The van der Waals surface area contributed by atoms with Crippen LogP contribution in [0.1, 0.15) is 0 Å². The lowest BCUT2D eigenvalue weighted by Crippen LogP contribution is -2.23. The molecule has 0 heterocycles. The van der Waals surface area contributed by atoms with Crippen molar-refractivity contribution in [2.75, 3.05) is 25.5 Å². The van der Waals surface area contributed by atoms with Gasteiger partial charge in [0.05, 0.1) is 17.6 Å². The first-order valence-corrected chi connectivity index (χ1v) is 6.54. The molecule has 1 aromatic carbocycles. The van der Waals surface area contributed by atoms with Crippen molar-refractivity contribution in [3.63, 3.8) is 0 Å². The van der Waals surface area contributed by atoms with E-state index in [0.717, 1.165) is 0 Å². The fourth-order valence-electron chi connectivity index (χ4n) is 1.17. The molecule has 0 spiro atoms. The molecule has 0 aliphatic carbocycles. The summed E-state index contributed by atoms with van der Waals surface area (Å²) in [5.41, 5.74) is 0.674. The van der Waals surface area contributed by atoms with Gasteiger partial charge in [0, 0.05) is 12.2 Å². The van der Waals surface area contributed by atoms with Crippen LogP contribution in [0.2, 0.25) is 0 Å². The first-order valence-electron chi connectivity index (χ1n) is 5.06. The lowest BCUT2D eigenvalue weighted by Gasteiger charge is -2.10. The number of nitrogens with one attached hydrogen (secondary N) is 2. The Hall–Kier alpha value is -1.15. The van der Waals surface area contributed by atoms with Gasteiger partial charge in [0.15, 0.2) is 0 Å². The van der Waals surface area contributed by atoms with Gasteiger partial charge in [-0.1, -0.05) is 0 Å². The molecule has 0 aliphatic heterocycles. The summed E-state index contributed by atoms with van der Waals surface area (Å²) in [7, 11) is -2.07. The molecule has 1 atom stereocenters. The highest BCUT2D eigenvalue weighted by atomic mass is 32.2. The van der Waals surface area contributed by atoms with Gasteiger partial charge in [-0.05, 0) is 31.3 Å². The molecule has 7 heteroatoms. The summed E-state index contributed by atoms with van der Waals surface area (Å²) >= 11 is 0. The van der Waals surface area contributed by atoms with Crippen LogP contribution in [0.5, 0.6) is 0 Å². The number of anilines is 1. The standard InChI is InChI=1S/C10H16N2O4S/c1-11-17(15,16)10-4-2-8(3-5-10)12-6-9(14)7-13/h2-5,9,11-14H,6-7H2,1H3. The quantitative estimate of drug-likeness (QED) is 0.545. The summed E-state index contributed by atoms with van der Waals surface area (Å²) in [5.74, 6) is 0. The molecule has 0 radical (unpaired) electrons. The smallest absolute Gasteiger partial charge is 0.240 e. The number of aliphatic hydroxyl groups excluding tert-OH is 2. The van der Waals surface area contributed by atoms with Crippen molar-refractivity contribution in [2.45, 2.75) is 11.0 Å². The Morgan fingerprint density at radius 2 is 1.88 bits per heavy atom. The van der Waals surface area contributed by atoms with Gasteiger partial charge in [0.1, 0.15) is 0 Å². The van der Waals surface area contributed by atoms with E-state index in [-0.39, 0.29) is 18.0 Å². The number of aliphatic hydroxyl groups is 2. The largest absolute Gasteiger partial charge is 0.394 e. The van der Waals surface area contributed by atoms with Crippen molar-refractivity contribution in [1.82, 2.24) is 4.72 Å². The zero-order valence-electron chi connectivity index (χ0n) is 9.42. The van der Waals surface area contributed by atoms with Gasteiger partial charge in [-0.2, -0.15) is 0 Å². The summed E-state index contributed by atoms with van der Waals surface area (Å²) in [4.78, 5) is 0.174. The van der Waals surface area contributed by atoms with E-state index >= 15 is 0 Å². The fourth-order valence-corrected chi connectivity index (χ4v) is 1.90. The van der Waals surface area contributed by atoms with Crippen LogP contribution in [-0.4, -0.2) is 44.9 Å². The minimum atomic E-state index is -3.42. The van der Waals surface area contributed by atoms with Crippen LogP contribution in [0.25, 0.3) is 0 Å². The lowest BCUT2D eigenvalue weighted by molar-refractivity contribution is 0.105. The van der Waals surface area contributed by atoms with Crippen molar-refractivity contribution < 1.29 is 18.6 Å². The first-order chi connectivity index (χ1) is 7.99. The van der Waals surface area contributed by atoms with Crippen molar-refractivity contribution in [3.05, 3.63) is 24.3 Å². The summed E-state index contributed by atoms with van der Waals surface area (Å²) in [6.45, 7) is -0.117. The minimum absolute atomic E-state index is 0.174. The van der Waals surface area contributed by atoms with Crippen LogP contribution in [-0.2, 0) is 10.0 Å². The Bertz CT molecular complexity index is 444. The van der Waals surface area contributed by atoms with E-state index in [1.54, 1.807) is 12.1 Å². The summed E-state index contributed by atoms with van der Waals surface area (Å²) in [6, 6.07) is 6.10. The predicted octanol–water partition coefficient (Wildman–Crippen LogP) is -0.640. The molecule has 1 rings (SSSR count). The fraction of sp³-hybridized carbons (Fsp3) is 0.400. The van der Waals surface area contributed by atoms with Gasteiger partial charge in [-0.25, -0.2) is 13.1 Å². The SMILES string of the molecule is CNS(=O)(=O)c1ccc(NCC(O)CO)cc1. The molecule has 0 bridgehead atoms. The van der Waals surface area contributed by atoms with Crippen LogP contribution >= 0.6 is 0 Å². The third-order valence-electron chi connectivity index (χ3n) is 2.19. The number of rotatable bonds is 6. The molecule has 0 aliphatic rings. The van der Waals surface area contributed by atoms with Gasteiger partial charge in [0.25, 0.3) is 0 Å². The number of sulfonamides is 1. The second-order valence-corrected chi connectivity index (χ2v) is 5.34. The van der Waals surface area contributed by atoms with Gasteiger partial charge in [-0.15, -0.1) is 0 Å². The minimum Gasteiger partial charge on any atom is -0.394 e. The summed E-state index contributed by atoms with van der Waals surface area (Å²) in [6.07, 6.45) is -0.837. The molecule has 6 nitrogen and oxygen atoms in total. The number of benzene rings is 1. The third-order valence-corrected chi connectivity index (χ3v) is 3.62. The molecule has 0 fully saturated rings. The highest BCUT2D eigenvalue weighted by molar-refractivity contribution is 7.89. The van der Waals surface area contributed by atoms with E-state index in [4.69, 9.17) is 10.2 Å². The molecule has 1 aromatic rings. The molecule has 0 saturated heterocycles. The van der Waals surface area contributed by atoms with Gasteiger partial charge >= 0.3 is 0 Å². The van der Waals surface area contributed by atoms with E-state index < -0.39 is 16.1 Å². The van der Waals surface area contributed by atoms with Crippen molar-refractivity contribution in [2.24, 2.45) is 0 Å². The molecule has 96 valence electrons. The van der Waals surface area contributed by atoms with Gasteiger partial charge in [-0.3, -0.25) is 0 Å². The third kappa shape index (κ3) is 3.97. The first kappa shape index (κ1) is 13.9. The number of hydrogen-bond acceptors (Lipinski definition) is 5. The van der Waals surface area contributed by atoms with E-state index in [9.17, 15) is 8.42 Å². The Labute approximate surface area is 100 Å². The van der Waals surface area contributed by atoms with Crippen LogP contribution < -0.4 is 10.0 Å². The topological polar surface area (TPSA) is 98.7 Å². The zero-order valence-corrected chi connectivity index (χ0v) is 10.2. The Morgan fingerprint density at radius 3 is 2.35 bits per heavy atom. The maximum atomic E-state index is 11.4. The second-order valence-electron chi connectivity index (χ2n) is 3.45. The average Bonchev–Trinajstić information content (AvgIpc) is 2.36. The van der Waals surface area contributed by atoms with Crippen LogP contribution in [0.4, 0.5) is 5.69 Å². The van der Waals surface area contributed by atoms with E-state index in [1.807, 2.05) is 0 Å². The van der Waals surface area contributed by atoms with E-state index in [1.165, 1.54) is 19.2 Å². The van der Waals surface area contributed by atoms with Crippen LogP contribution in [0, 0.1) is 0 Å². The highest BCUT2D eigenvalue weighted by Gasteiger charge is 2.10. The second kappa shape index (κ2) is 5.97. The molecule has 4 N–H and O–H groups in total. The molecule has 0 aromatic heterocycles. The molecule has 0 saturated carbocycles. The average molecular weight is 260 g/mol. The van der Waals surface area contributed by atoms with Gasteiger partial charge < -0.3 is 15.5 Å². The zero-order chi connectivity index (χ0) is 12.9. The molecule has 17 heavy (non-hydrogen) atoms. The molecule has 0 amide bonds. The van der Waals surface area contributed by atoms with E-state index in [2.05, 4.69) is 10.0 Å². The highest BCUT2D eigenvalue weighted by Crippen LogP contribution is 2.13. The summed E-state index contributed by atoms with van der Waals surface area (Å²) in [5, 5.41) is 20.6. The van der Waals surface area contributed by atoms with Crippen molar-refractivity contribution in [3.8, 4) is 0 Å². The van der Waals surface area contributed by atoms with Crippen molar-refractivity contribution >= 4 is 15.7 Å². The maximum Gasteiger partial charge on any atom is 0.240 e. The number of hydrogen-bond donors (Lipinski definition) is 4. The van der Waals surface area contributed by atoms with E-state index in [0.29, 0.717) is 5.69 Å². The normalized spacial score (nSPS) is 13.4. The van der Waals surface area contributed by atoms with Gasteiger partial charge in [0.2, 0.25) is 10.0 Å². The summed E-state index contributed by atoms with van der Waals surface area (Å²) < 4.78 is 25.1. The monoisotopic (exact) mass is 260 g/mol. The molecular formula is C10H16N2O4S. The van der Waals surface area contributed by atoms with Crippen LogP contribution in [0.3, 0.4) is 0 Å². The Balaban J connectivity index is 2.69. The van der Waals surface area contributed by atoms with Crippen LogP contribution in [0.15, 0.2) is 29.2 Å². The maximum absolute atomic E-state index is 11.4. The predicted molar refractivity (Wildman–Crippen MR) is 64.3 cm³/mol. The lowest BCUT2D eigenvalue weighted by atomic mass is 10.3.